The topological polar surface area (TPSA) is 59.0 Å². The summed E-state index contributed by atoms with van der Waals surface area (Å²) >= 11 is 6.00. The van der Waals surface area contributed by atoms with Gasteiger partial charge in [-0.1, -0.05) is 17.7 Å². The molecular formula is C14H10ClFN2O. The zero-order valence-electron chi connectivity index (χ0n) is 9.86. The number of nitrogens with two attached hydrogens (primary N) is 1. The van der Waals surface area contributed by atoms with Crippen molar-refractivity contribution < 1.29 is 9.13 Å². The molecule has 3 nitrogen and oxygen atoms in total. The lowest BCUT2D eigenvalue weighted by Crippen LogP contribution is -2.01. The normalized spacial score (nSPS) is 9.95. The van der Waals surface area contributed by atoms with Gasteiger partial charge in [-0.2, -0.15) is 5.26 Å². The summed E-state index contributed by atoms with van der Waals surface area (Å²) < 4.78 is 18.8. The Hall–Kier alpha value is -2.25. The molecule has 2 rings (SSSR count). The van der Waals surface area contributed by atoms with E-state index in [1.807, 2.05) is 0 Å². The maximum absolute atomic E-state index is 13.4. The van der Waals surface area contributed by atoms with Gasteiger partial charge in [0, 0.05) is 22.3 Å². The molecule has 0 heterocycles. The lowest BCUT2D eigenvalue weighted by Gasteiger charge is -2.10. The Bertz CT molecular complexity index is 632. The maximum Gasteiger partial charge on any atom is 0.144 e. The van der Waals surface area contributed by atoms with Gasteiger partial charge in [-0.05, 0) is 24.3 Å². The fourth-order valence-corrected chi connectivity index (χ4v) is 1.80. The van der Waals surface area contributed by atoms with Crippen molar-refractivity contribution in [2.45, 2.75) is 6.61 Å². The van der Waals surface area contributed by atoms with Crippen molar-refractivity contribution in [2.24, 2.45) is 0 Å². The van der Waals surface area contributed by atoms with E-state index >= 15 is 0 Å². The standard InChI is InChI=1S/C14H10ClFN2O/c15-12-2-1-3-14(18)11(12)8-19-10-5-4-9(7-17)13(16)6-10/h1-6H,8,18H2. The Morgan fingerprint density at radius 1 is 1.32 bits per heavy atom. The van der Waals surface area contributed by atoms with Crippen molar-refractivity contribution >= 4 is 17.3 Å². The van der Waals surface area contributed by atoms with Gasteiger partial charge in [-0.3, -0.25) is 0 Å². The monoisotopic (exact) mass is 276 g/mol. The van der Waals surface area contributed by atoms with Gasteiger partial charge in [-0.25, -0.2) is 4.39 Å². The summed E-state index contributed by atoms with van der Waals surface area (Å²) in [7, 11) is 0. The number of nitrogen functional groups attached to an aromatic ring is 1. The highest BCUT2D eigenvalue weighted by Gasteiger charge is 2.07. The van der Waals surface area contributed by atoms with Crippen LogP contribution in [0.5, 0.6) is 5.75 Å². The minimum absolute atomic E-state index is 0.0235. The first-order valence-corrected chi connectivity index (χ1v) is 5.85. The fourth-order valence-electron chi connectivity index (χ4n) is 1.56. The largest absolute Gasteiger partial charge is 0.489 e. The van der Waals surface area contributed by atoms with Crippen LogP contribution in [-0.2, 0) is 6.61 Å². The molecule has 0 aromatic heterocycles. The number of benzene rings is 2. The van der Waals surface area contributed by atoms with E-state index in [4.69, 9.17) is 27.3 Å². The van der Waals surface area contributed by atoms with E-state index in [0.717, 1.165) is 6.07 Å². The third-order valence-corrected chi connectivity index (χ3v) is 2.95. The predicted octanol–water partition coefficient (Wildman–Crippen LogP) is 3.51. The molecule has 2 aromatic carbocycles. The maximum atomic E-state index is 13.4. The summed E-state index contributed by atoms with van der Waals surface area (Å²) in [6.45, 7) is 0.136. The Labute approximate surface area is 115 Å². The average molecular weight is 277 g/mol. The second kappa shape index (κ2) is 5.59. The molecule has 0 fully saturated rings. The SMILES string of the molecule is N#Cc1ccc(OCc2c(N)cccc2Cl)cc1F. The van der Waals surface area contributed by atoms with Crippen LogP contribution in [0.4, 0.5) is 10.1 Å². The predicted molar refractivity (Wildman–Crippen MR) is 71.3 cm³/mol. The third kappa shape index (κ3) is 2.95. The van der Waals surface area contributed by atoms with Crippen LogP contribution in [0.25, 0.3) is 0 Å². The average Bonchev–Trinajstić information content (AvgIpc) is 2.38. The van der Waals surface area contributed by atoms with Gasteiger partial charge >= 0.3 is 0 Å². The van der Waals surface area contributed by atoms with E-state index in [1.54, 1.807) is 24.3 Å². The van der Waals surface area contributed by atoms with Gasteiger partial charge in [0.05, 0.1) is 5.56 Å². The number of anilines is 1. The highest BCUT2D eigenvalue weighted by Crippen LogP contribution is 2.24. The molecule has 5 heteroatoms. The molecule has 0 saturated heterocycles. The Morgan fingerprint density at radius 3 is 2.74 bits per heavy atom. The molecule has 0 atom stereocenters. The first kappa shape index (κ1) is 13.2. The second-order valence-corrected chi connectivity index (χ2v) is 4.26. The minimum Gasteiger partial charge on any atom is -0.489 e. The molecule has 0 bridgehead atoms. The zero-order chi connectivity index (χ0) is 13.8. The highest BCUT2D eigenvalue weighted by molar-refractivity contribution is 6.31. The molecule has 96 valence electrons. The van der Waals surface area contributed by atoms with E-state index in [0.29, 0.717) is 22.0 Å². The summed E-state index contributed by atoms with van der Waals surface area (Å²) in [5, 5.41) is 9.12. The van der Waals surface area contributed by atoms with Gasteiger partial charge in [0.25, 0.3) is 0 Å². The van der Waals surface area contributed by atoms with Gasteiger partial charge in [0.2, 0.25) is 0 Å². The van der Waals surface area contributed by atoms with Crippen LogP contribution in [-0.4, -0.2) is 0 Å². The van der Waals surface area contributed by atoms with Crippen LogP contribution in [0, 0.1) is 17.1 Å². The van der Waals surface area contributed by atoms with E-state index in [2.05, 4.69) is 0 Å². The van der Waals surface area contributed by atoms with Crippen molar-refractivity contribution in [1.82, 2.24) is 0 Å². The summed E-state index contributed by atoms with van der Waals surface area (Å²) in [5.74, 6) is -0.303. The summed E-state index contributed by atoms with van der Waals surface area (Å²) in [6.07, 6.45) is 0. The zero-order valence-corrected chi connectivity index (χ0v) is 10.6. The molecule has 0 unspecified atom stereocenters. The van der Waals surface area contributed by atoms with Crippen LogP contribution in [0.15, 0.2) is 36.4 Å². The second-order valence-electron chi connectivity index (χ2n) is 3.85. The quantitative estimate of drug-likeness (QED) is 0.873. The van der Waals surface area contributed by atoms with Crippen molar-refractivity contribution in [3.8, 4) is 11.8 Å². The molecule has 19 heavy (non-hydrogen) atoms. The Kier molecular flexibility index (Phi) is 3.88. The van der Waals surface area contributed by atoms with Crippen LogP contribution < -0.4 is 10.5 Å². The van der Waals surface area contributed by atoms with Crippen molar-refractivity contribution in [1.29, 1.82) is 5.26 Å². The number of nitrogens with zero attached hydrogens (tertiary/aromatic N) is 1. The number of hydrogen-bond acceptors (Lipinski definition) is 3. The molecule has 0 aliphatic heterocycles. The van der Waals surface area contributed by atoms with Crippen molar-refractivity contribution in [3.05, 3.63) is 58.4 Å². The summed E-state index contributed by atoms with van der Waals surface area (Å²) in [6, 6.07) is 10.9. The summed E-state index contributed by atoms with van der Waals surface area (Å²) in [4.78, 5) is 0. The molecule has 0 aliphatic rings. The molecule has 0 radical (unpaired) electrons. The van der Waals surface area contributed by atoms with Gasteiger partial charge in [0.15, 0.2) is 0 Å². The molecule has 0 saturated carbocycles. The molecular weight excluding hydrogens is 267 g/mol. The van der Waals surface area contributed by atoms with E-state index in [9.17, 15) is 4.39 Å². The van der Waals surface area contributed by atoms with Gasteiger partial charge < -0.3 is 10.5 Å². The molecule has 0 amide bonds. The Morgan fingerprint density at radius 2 is 2.11 bits per heavy atom. The van der Waals surface area contributed by atoms with Gasteiger partial charge in [-0.15, -0.1) is 0 Å². The lowest BCUT2D eigenvalue weighted by molar-refractivity contribution is 0.305. The fraction of sp³-hybridized carbons (Fsp3) is 0.0714. The first-order valence-electron chi connectivity index (χ1n) is 5.47. The number of rotatable bonds is 3. The number of hydrogen-bond donors (Lipinski definition) is 1. The number of halogens is 2. The minimum atomic E-state index is -0.618. The van der Waals surface area contributed by atoms with Crippen LogP contribution in [0.2, 0.25) is 5.02 Å². The third-order valence-electron chi connectivity index (χ3n) is 2.60. The molecule has 0 aliphatic carbocycles. The van der Waals surface area contributed by atoms with E-state index in [-0.39, 0.29) is 12.2 Å². The molecule has 0 spiro atoms. The number of nitriles is 1. The van der Waals surface area contributed by atoms with Crippen LogP contribution >= 0.6 is 11.6 Å². The van der Waals surface area contributed by atoms with E-state index < -0.39 is 5.82 Å². The van der Waals surface area contributed by atoms with E-state index in [1.165, 1.54) is 12.1 Å². The summed E-state index contributed by atoms with van der Waals surface area (Å²) in [5.41, 5.74) is 6.92. The highest BCUT2D eigenvalue weighted by atomic mass is 35.5. The van der Waals surface area contributed by atoms with Crippen LogP contribution in [0.1, 0.15) is 11.1 Å². The van der Waals surface area contributed by atoms with Gasteiger partial charge in [0.1, 0.15) is 24.2 Å². The van der Waals surface area contributed by atoms with Crippen molar-refractivity contribution in [3.63, 3.8) is 0 Å². The smallest absolute Gasteiger partial charge is 0.144 e. The number of ether oxygens (including phenoxy) is 1. The molecule has 2 N–H and O–H groups in total. The lowest BCUT2D eigenvalue weighted by atomic mass is 10.2. The molecule has 2 aromatic rings. The van der Waals surface area contributed by atoms with Crippen molar-refractivity contribution in [2.75, 3.05) is 5.73 Å². The van der Waals surface area contributed by atoms with Crippen LogP contribution in [0.3, 0.4) is 0 Å². The first-order chi connectivity index (χ1) is 9.11. The Balaban J connectivity index is 2.15.